The van der Waals surface area contributed by atoms with Crippen LogP contribution in [0.15, 0.2) is 29.2 Å². The zero-order chi connectivity index (χ0) is 14.8. The summed E-state index contributed by atoms with van der Waals surface area (Å²) in [6.45, 7) is 0.964. The van der Waals surface area contributed by atoms with Crippen LogP contribution in [0.5, 0.6) is 0 Å². The number of nitro benzene ring substituents is 1. The summed E-state index contributed by atoms with van der Waals surface area (Å²) in [5, 5.41) is 10.6. The number of hydrogen-bond donors (Lipinski definition) is 1. The second-order valence-corrected chi connectivity index (χ2v) is 6.28. The number of benzene rings is 1. The molecule has 0 spiro atoms. The van der Waals surface area contributed by atoms with Crippen LogP contribution in [0, 0.1) is 10.1 Å². The summed E-state index contributed by atoms with van der Waals surface area (Å²) in [7, 11) is -3.67. The van der Waals surface area contributed by atoms with Crippen molar-refractivity contribution in [2.45, 2.75) is 11.0 Å². The maximum atomic E-state index is 12.4. The molecule has 118 valence electrons. The SMILES string of the molecule is Cl.NCC1CN(S(=O)(=O)c2ccc([N+](=O)[O-])cc2)CCO1. The van der Waals surface area contributed by atoms with Gasteiger partial charge in [0.2, 0.25) is 10.0 Å². The van der Waals surface area contributed by atoms with E-state index in [4.69, 9.17) is 10.5 Å². The number of nitrogens with zero attached hydrogens (tertiary/aromatic N) is 2. The summed E-state index contributed by atoms with van der Waals surface area (Å²) >= 11 is 0. The second-order valence-electron chi connectivity index (χ2n) is 4.34. The number of morpholine rings is 1. The number of sulfonamides is 1. The standard InChI is InChI=1S/C11H15N3O5S.ClH/c12-7-10-8-13(5-6-19-10)20(17,18)11-3-1-9(2-4-11)14(15)16;/h1-4,10H,5-8,12H2;1H. The van der Waals surface area contributed by atoms with E-state index < -0.39 is 14.9 Å². The first-order chi connectivity index (χ1) is 9.45. The Balaban J connectivity index is 0.00000220. The molecular weight excluding hydrogens is 322 g/mol. The lowest BCUT2D eigenvalue weighted by Crippen LogP contribution is -2.48. The molecule has 1 saturated heterocycles. The summed E-state index contributed by atoms with van der Waals surface area (Å²) in [6.07, 6.45) is -0.323. The smallest absolute Gasteiger partial charge is 0.269 e. The van der Waals surface area contributed by atoms with E-state index in [1.54, 1.807) is 0 Å². The molecule has 0 amide bonds. The highest BCUT2D eigenvalue weighted by Crippen LogP contribution is 2.21. The molecule has 1 heterocycles. The molecule has 1 aromatic rings. The largest absolute Gasteiger partial charge is 0.374 e. The Kier molecular flexibility index (Phi) is 6.05. The minimum Gasteiger partial charge on any atom is -0.374 e. The quantitative estimate of drug-likeness (QED) is 0.626. The second kappa shape index (κ2) is 7.14. The van der Waals surface area contributed by atoms with Crippen molar-refractivity contribution in [1.82, 2.24) is 4.31 Å². The minimum absolute atomic E-state index is 0. The van der Waals surface area contributed by atoms with Crippen LogP contribution in [0.25, 0.3) is 0 Å². The minimum atomic E-state index is -3.67. The van der Waals surface area contributed by atoms with Crippen molar-refractivity contribution in [2.75, 3.05) is 26.2 Å². The van der Waals surface area contributed by atoms with Gasteiger partial charge in [-0.3, -0.25) is 10.1 Å². The molecule has 2 N–H and O–H groups in total. The average Bonchev–Trinajstić information content (AvgIpc) is 2.47. The highest BCUT2D eigenvalue weighted by molar-refractivity contribution is 7.89. The van der Waals surface area contributed by atoms with Crippen molar-refractivity contribution in [3.05, 3.63) is 34.4 Å². The van der Waals surface area contributed by atoms with Gasteiger partial charge >= 0.3 is 0 Å². The van der Waals surface area contributed by atoms with E-state index in [0.717, 1.165) is 0 Å². The van der Waals surface area contributed by atoms with E-state index in [9.17, 15) is 18.5 Å². The lowest BCUT2D eigenvalue weighted by Gasteiger charge is -2.31. The van der Waals surface area contributed by atoms with Gasteiger partial charge in [0.05, 0.1) is 22.5 Å². The number of halogens is 1. The Bertz CT molecular complexity index is 592. The lowest BCUT2D eigenvalue weighted by atomic mass is 10.3. The molecule has 1 aromatic carbocycles. The first-order valence-electron chi connectivity index (χ1n) is 6.01. The van der Waals surface area contributed by atoms with Crippen LogP contribution >= 0.6 is 12.4 Å². The van der Waals surface area contributed by atoms with Crippen LogP contribution in [0.3, 0.4) is 0 Å². The predicted octanol–water partition coefficient (Wildman–Crippen LogP) is 0.365. The normalized spacial score (nSPS) is 19.8. The molecule has 8 nitrogen and oxygen atoms in total. The van der Waals surface area contributed by atoms with Crippen LogP contribution in [-0.2, 0) is 14.8 Å². The van der Waals surface area contributed by atoms with E-state index in [1.807, 2.05) is 0 Å². The van der Waals surface area contributed by atoms with E-state index >= 15 is 0 Å². The molecule has 0 radical (unpaired) electrons. The van der Waals surface area contributed by atoms with Crippen LogP contribution < -0.4 is 5.73 Å². The van der Waals surface area contributed by atoms with Gasteiger partial charge in [-0.1, -0.05) is 0 Å². The fraction of sp³-hybridized carbons (Fsp3) is 0.455. The molecule has 10 heteroatoms. The Morgan fingerprint density at radius 1 is 1.38 bits per heavy atom. The highest BCUT2D eigenvalue weighted by atomic mass is 35.5. The molecule has 1 fully saturated rings. The van der Waals surface area contributed by atoms with Gasteiger partial charge in [-0.15, -0.1) is 12.4 Å². The molecule has 1 aliphatic rings. The van der Waals surface area contributed by atoms with Gasteiger partial charge in [-0.2, -0.15) is 4.31 Å². The number of hydrogen-bond acceptors (Lipinski definition) is 6. The first-order valence-corrected chi connectivity index (χ1v) is 7.45. The summed E-state index contributed by atoms with van der Waals surface area (Å²) < 4.78 is 31.4. The van der Waals surface area contributed by atoms with Crippen LogP contribution in [0.1, 0.15) is 0 Å². The number of rotatable bonds is 4. The lowest BCUT2D eigenvalue weighted by molar-refractivity contribution is -0.384. The van der Waals surface area contributed by atoms with Crippen LogP contribution in [0.2, 0.25) is 0 Å². The third-order valence-electron chi connectivity index (χ3n) is 3.05. The molecule has 1 atom stereocenters. The first kappa shape index (κ1) is 17.8. The van der Waals surface area contributed by atoms with Crippen molar-refractivity contribution in [3.63, 3.8) is 0 Å². The zero-order valence-corrected chi connectivity index (χ0v) is 12.7. The van der Waals surface area contributed by atoms with Crippen molar-refractivity contribution in [2.24, 2.45) is 5.73 Å². The monoisotopic (exact) mass is 337 g/mol. The number of ether oxygens (including phenoxy) is 1. The third-order valence-corrected chi connectivity index (χ3v) is 4.93. The summed E-state index contributed by atoms with van der Waals surface area (Å²) in [6, 6.07) is 4.82. The van der Waals surface area contributed by atoms with Crippen LogP contribution in [0.4, 0.5) is 5.69 Å². The summed E-state index contributed by atoms with van der Waals surface area (Å²) in [5.74, 6) is 0. The van der Waals surface area contributed by atoms with Gasteiger partial charge in [-0.05, 0) is 12.1 Å². The molecule has 0 saturated carbocycles. The maximum absolute atomic E-state index is 12.4. The molecule has 21 heavy (non-hydrogen) atoms. The van der Waals surface area contributed by atoms with Gasteiger partial charge in [0.15, 0.2) is 0 Å². The zero-order valence-electron chi connectivity index (χ0n) is 11.0. The van der Waals surface area contributed by atoms with Gasteiger partial charge in [0.1, 0.15) is 0 Å². The third kappa shape index (κ3) is 3.89. The fourth-order valence-electron chi connectivity index (χ4n) is 1.94. The van der Waals surface area contributed by atoms with E-state index in [1.165, 1.54) is 28.6 Å². The fourth-order valence-corrected chi connectivity index (χ4v) is 3.40. The topological polar surface area (TPSA) is 116 Å². The summed E-state index contributed by atoms with van der Waals surface area (Å²) in [4.78, 5) is 10.0. The highest BCUT2D eigenvalue weighted by Gasteiger charge is 2.30. The average molecular weight is 338 g/mol. The molecular formula is C11H16ClN3O5S. The molecule has 0 aromatic heterocycles. The molecule has 1 aliphatic heterocycles. The van der Waals surface area contributed by atoms with Gasteiger partial charge in [0.25, 0.3) is 5.69 Å². The molecule has 2 rings (SSSR count). The van der Waals surface area contributed by atoms with E-state index in [-0.39, 0.29) is 55.3 Å². The van der Waals surface area contributed by atoms with Crippen molar-refractivity contribution in [1.29, 1.82) is 0 Å². The van der Waals surface area contributed by atoms with Crippen molar-refractivity contribution < 1.29 is 18.1 Å². The summed E-state index contributed by atoms with van der Waals surface area (Å²) in [5.41, 5.74) is 5.33. The molecule has 0 bridgehead atoms. The molecule has 1 unspecified atom stereocenters. The Morgan fingerprint density at radius 3 is 2.52 bits per heavy atom. The Labute approximate surface area is 128 Å². The van der Waals surface area contributed by atoms with E-state index in [2.05, 4.69) is 0 Å². The molecule has 0 aliphatic carbocycles. The van der Waals surface area contributed by atoms with Crippen molar-refractivity contribution >= 4 is 28.1 Å². The number of nitrogens with two attached hydrogens (primary N) is 1. The number of non-ortho nitro benzene ring substituents is 1. The van der Waals surface area contributed by atoms with Gasteiger partial charge < -0.3 is 10.5 Å². The number of nitro groups is 1. The van der Waals surface area contributed by atoms with Gasteiger partial charge in [-0.25, -0.2) is 8.42 Å². The Morgan fingerprint density at radius 2 is 2.00 bits per heavy atom. The van der Waals surface area contributed by atoms with Crippen molar-refractivity contribution in [3.8, 4) is 0 Å². The van der Waals surface area contributed by atoms with Crippen LogP contribution in [-0.4, -0.2) is 50.0 Å². The Hall–Kier alpha value is -1.26. The predicted molar refractivity (Wildman–Crippen MR) is 77.9 cm³/mol. The maximum Gasteiger partial charge on any atom is 0.269 e. The van der Waals surface area contributed by atoms with Gasteiger partial charge in [0, 0.05) is 31.8 Å². The van der Waals surface area contributed by atoms with E-state index in [0.29, 0.717) is 0 Å².